The summed E-state index contributed by atoms with van der Waals surface area (Å²) in [6.07, 6.45) is 0. The Kier molecular flexibility index (Phi) is 5.04. The summed E-state index contributed by atoms with van der Waals surface area (Å²) in [5.74, 6) is 0. The highest BCUT2D eigenvalue weighted by molar-refractivity contribution is 6.11. The molecule has 0 bridgehead atoms. The summed E-state index contributed by atoms with van der Waals surface area (Å²) >= 11 is 0. The van der Waals surface area contributed by atoms with E-state index in [2.05, 4.69) is 156 Å². The molecule has 6 aromatic carbocycles. The van der Waals surface area contributed by atoms with Crippen molar-refractivity contribution in [1.29, 1.82) is 0 Å². The van der Waals surface area contributed by atoms with Gasteiger partial charge in [-0.3, -0.25) is 0 Å². The molecule has 0 saturated carbocycles. The minimum absolute atomic E-state index is 1.13. The van der Waals surface area contributed by atoms with Crippen LogP contribution in [-0.4, -0.2) is 4.57 Å². The van der Waals surface area contributed by atoms with Crippen LogP contribution in [0, 0.1) is 6.92 Å². The summed E-state index contributed by atoms with van der Waals surface area (Å²) in [5.41, 5.74) is 8.31. The molecule has 2 nitrogen and oxygen atoms in total. The standard InChI is InChI=1S/C35H26N2/c1-25-20-23-34(30-17-9-8-16-29(25)30)36(26-12-4-2-5-13-26)28-21-22-32-31-18-10-11-19-33(31)37(35(32)24-28)27-14-6-3-7-15-27/h2-24H,1H3. The van der Waals surface area contributed by atoms with Crippen LogP contribution in [0.15, 0.2) is 140 Å². The Bertz CT molecular complexity index is 1880. The van der Waals surface area contributed by atoms with E-state index in [0.29, 0.717) is 0 Å². The van der Waals surface area contributed by atoms with Crippen molar-refractivity contribution < 1.29 is 0 Å². The molecule has 0 aliphatic heterocycles. The number of aryl methyl sites for hydroxylation is 1. The van der Waals surface area contributed by atoms with Crippen molar-refractivity contribution in [2.24, 2.45) is 0 Å². The molecular formula is C35H26N2. The average molecular weight is 475 g/mol. The fraction of sp³-hybridized carbons (Fsp3) is 0.0286. The van der Waals surface area contributed by atoms with Crippen LogP contribution in [0.1, 0.15) is 5.56 Å². The maximum Gasteiger partial charge on any atom is 0.0561 e. The Hall–Kier alpha value is -4.82. The van der Waals surface area contributed by atoms with Crippen LogP contribution in [-0.2, 0) is 0 Å². The lowest BCUT2D eigenvalue weighted by Crippen LogP contribution is -2.10. The van der Waals surface area contributed by atoms with Gasteiger partial charge in [0.15, 0.2) is 0 Å². The molecule has 1 heterocycles. The first-order valence-corrected chi connectivity index (χ1v) is 12.7. The van der Waals surface area contributed by atoms with Gasteiger partial charge in [0, 0.05) is 33.2 Å². The lowest BCUT2D eigenvalue weighted by Gasteiger charge is -2.27. The number of para-hydroxylation sites is 3. The van der Waals surface area contributed by atoms with Crippen molar-refractivity contribution in [3.63, 3.8) is 0 Å². The van der Waals surface area contributed by atoms with Crippen molar-refractivity contribution in [2.75, 3.05) is 4.90 Å². The minimum atomic E-state index is 1.13. The van der Waals surface area contributed by atoms with Gasteiger partial charge in [-0.25, -0.2) is 0 Å². The average Bonchev–Trinajstić information content (AvgIpc) is 3.29. The van der Waals surface area contributed by atoms with E-state index >= 15 is 0 Å². The molecule has 0 amide bonds. The van der Waals surface area contributed by atoms with Gasteiger partial charge in [-0.05, 0) is 66.4 Å². The number of rotatable bonds is 4. The van der Waals surface area contributed by atoms with Crippen LogP contribution >= 0.6 is 0 Å². The summed E-state index contributed by atoms with van der Waals surface area (Å²) in [7, 11) is 0. The molecule has 2 heteroatoms. The van der Waals surface area contributed by atoms with Crippen molar-refractivity contribution in [3.8, 4) is 5.69 Å². The summed E-state index contributed by atoms with van der Waals surface area (Å²) in [6.45, 7) is 2.18. The molecule has 0 aliphatic carbocycles. The van der Waals surface area contributed by atoms with Crippen LogP contribution in [0.25, 0.3) is 38.3 Å². The maximum atomic E-state index is 2.38. The molecule has 7 aromatic rings. The molecule has 0 unspecified atom stereocenters. The van der Waals surface area contributed by atoms with Gasteiger partial charge in [0.2, 0.25) is 0 Å². The van der Waals surface area contributed by atoms with Crippen LogP contribution in [0.5, 0.6) is 0 Å². The molecule has 0 atom stereocenters. The van der Waals surface area contributed by atoms with Gasteiger partial charge in [-0.15, -0.1) is 0 Å². The van der Waals surface area contributed by atoms with Gasteiger partial charge < -0.3 is 9.47 Å². The number of fused-ring (bicyclic) bond motifs is 4. The Morgan fingerprint density at radius 2 is 1.08 bits per heavy atom. The molecular weight excluding hydrogens is 448 g/mol. The minimum Gasteiger partial charge on any atom is -0.310 e. The highest BCUT2D eigenvalue weighted by Gasteiger charge is 2.19. The van der Waals surface area contributed by atoms with E-state index in [0.717, 1.165) is 17.1 Å². The van der Waals surface area contributed by atoms with Crippen LogP contribution in [0.3, 0.4) is 0 Å². The van der Waals surface area contributed by atoms with Gasteiger partial charge in [-0.2, -0.15) is 0 Å². The van der Waals surface area contributed by atoms with Crippen molar-refractivity contribution >= 4 is 49.6 Å². The molecule has 176 valence electrons. The van der Waals surface area contributed by atoms with Crippen LogP contribution in [0.2, 0.25) is 0 Å². The molecule has 0 fully saturated rings. The van der Waals surface area contributed by atoms with E-state index in [4.69, 9.17) is 0 Å². The first-order valence-electron chi connectivity index (χ1n) is 12.7. The molecule has 37 heavy (non-hydrogen) atoms. The second kappa shape index (κ2) is 8.69. The van der Waals surface area contributed by atoms with E-state index < -0.39 is 0 Å². The van der Waals surface area contributed by atoms with Gasteiger partial charge in [0.25, 0.3) is 0 Å². The molecule has 0 N–H and O–H groups in total. The lowest BCUT2D eigenvalue weighted by atomic mass is 10.0. The summed E-state index contributed by atoms with van der Waals surface area (Å²) in [4.78, 5) is 2.38. The quantitative estimate of drug-likeness (QED) is 0.246. The smallest absolute Gasteiger partial charge is 0.0561 e. The number of aromatic nitrogens is 1. The number of hydrogen-bond acceptors (Lipinski definition) is 1. The summed E-state index contributed by atoms with van der Waals surface area (Å²) < 4.78 is 2.38. The second-order valence-corrected chi connectivity index (χ2v) is 9.51. The fourth-order valence-electron chi connectivity index (χ4n) is 5.59. The predicted octanol–water partition coefficient (Wildman–Crippen LogP) is 9.72. The van der Waals surface area contributed by atoms with Gasteiger partial charge in [0.05, 0.1) is 16.7 Å². The van der Waals surface area contributed by atoms with E-state index in [1.165, 1.54) is 43.8 Å². The first-order chi connectivity index (χ1) is 18.3. The molecule has 0 aliphatic rings. The summed E-state index contributed by atoms with van der Waals surface area (Å²) in [6, 6.07) is 50.0. The number of anilines is 3. The van der Waals surface area contributed by atoms with Crippen LogP contribution < -0.4 is 4.90 Å². The third-order valence-corrected chi connectivity index (χ3v) is 7.30. The van der Waals surface area contributed by atoms with E-state index in [1.54, 1.807) is 0 Å². The Labute approximate surface area is 216 Å². The number of hydrogen-bond donors (Lipinski definition) is 0. The SMILES string of the molecule is Cc1ccc(N(c2ccccc2)c2ccc3c4ccccc4n(-c4ccccc4)c3c2)c2ccccc12. The van der Waals surface area contributed by atoms with Gasteiger partial charge in [0.1, 0.15) is 0 Å². The van der Waals surface area contributed by atoms with E-state index in [1.807, 2.05) is 0 Å². The Morgan fingerprint density at radius 3 is 1.86 bits per heavy atom. The zero-order chi connectivity index (χ0) is 24.8. The topological polar surface area (TPSA) is 8.17 Å². The van der Waals surface area contributed by atoms with Crippen molar-refractivity contribution in [1.82, 2.24) is 4.57 Å². The third-order valence-electron chi connectivity index (χ3n) is 7.30. The molecule has 0 spiro atoms. The Morgan fingerprint density at radius 1 is 0.459 bits per heavy atom. The predicted molar refractivity (Wildman–Crippen MR) is 158 cm³/mol. The highest BCUT2D eigenvalue weighted by atomic mass is 15.1. The van der Waals surface area contributed by atoms with Crippen molar-refractivity contribution in [2.45, 2.75) is 6.92 Å². The molecule has 1 aromatic heterocycles. The Balaban J connectivity index is 1.54. The van der Waals surface area contributed by atoms with Crippen molar-refractivity contribution in [3.05, 3.63) is 145 Å². The zero-order valence-corrected chi connectivity index (χ0v) is 20.7. The van der Waals surface area contributed by atoms with E-state index in [-0.39, 0.29) is 0 Å². The molecule has 0 radical (unpaired) electrons. The number of nitrogens with zero attached hydrogens (tertiary/aromatic N) is 2. The number of benzene rings is 6. The maximum absolute atomic E-state index is 2.38. The van der Waals surface area contributed by atoms with Crippen LogP contribution in [0.4, 0.5) is 17.1 Å². The normalized spacial score (nSPS) is 11.4. The summed E-state index contributed by atoms with van der Waals surface area (Å²) in [5, 5.41) is 5.04. The zero-order valence-electron chi connectivity index (χ0n) is 20.7. The third kappa shape index (κ3) is 3.49. The second-order valence-electron chi connectivity index (χ2n) is 9.51. The van der Waals surface area contributed by atoms with E-state index in [9.17, 15) is 0 Å². The largest absolute Gasteiger partial charge is 0.310 e. The van der Waals surface area contributed by atoms with Gasteiger partial charge >= 0.3 is 0 Å². The molecule has 0 saturated heterocycles. The lowest BCUT2D eigenvalue weighted by molar-refractivity contribution is 1.18. The monoisotopic (exact) mass is 474 g/mol. The highest BCUT2D eigenvalue weighted by Crippen LogP contribution is 2.42. The molecule has 7 rings (SSSR count). The first kappa shape index (κ1) is 21.5. The van der Waals surface area contributed by atoms with Gasteiger partial charge in [-0.1, -0.05) is 91.0 Å². The fourth-order valence-corrected chi connectivity index (χ4v) is 5.59.